The number of anilines is 2. The van der Waals surface area contributed by atoms with Crippen LogP contribution in [0.25, 0.3) is 0 Å². The van der Waals surface area contributed by atoms with Crippen LogP contribution >= 0.6 is 0 Å². The second kappa shape index (κ2) is 5.34. The second-order valence-electron chi connectivity index (χ2n) is 4.93. The number of hydrogen-bond donors (Lipinski definition) is 1. The Labute approximate surface area is 104 Å². The normalized spacial score (nSPS) is 11.4. The summed E-state index contributed by atoms with van der Waals surface area (Å²) in [6, 6.07) is 0. The van der Waals surface area contributed by atoms with Gasteiger partial charge in [-0.15, -0.1) is 0 Å². The van der Waals surface area contributed by atoms with E-state index in [1.165, 1.54) is 0 Å². The summed E-state index contributed by atoms with van der Waals surface area (Å²) in [5.41, 5.74) is 1.21. The molecule has 96 valence electrons. The van der Waals surface area contributed by atoms with E-state index in [0.29, 0.717) is 0 Å². The van der Waals surface area contributed by atoms with Crippen molar-refractivity contribution < 1.29 is 0 Å². The fourth-order valence-electron chi connectivity index (χ4n) is 1.65. The fourth-order valence-corrected chi connectivity index (χ4v) is 1.65. The van der Waals surface area contributed by atoms with Crippen LogP contribution in [0.1, 0.15) is 39.7 Å². The third-order valence-corrected chi connectivity index (χ3v) is 3.49. The first-order chi connectivity index (χ1) is 7.94. The van der Waals surface area contributed by atoms with Gasteiger partial charge in [0, 0.05) is 24.7 Å². The molecule has 0 saturated heterocycles. The van der Waals surface area contributed by atoms with Gasteiger partial charge >= 0.3 is 0 Å². The van der Waals surface area contributed by atoms with Gasteiger partial charge in [-0.25, -0.2) is 9.97 Å². The van der Waals surface area contributed by atoms with Crippen molar-refractivity contribution in [2.75, 3.05) is 23.8 Å². The maximum Gasteiger partial charge on any atom is 0.137 e. The zero-order chi connectivity index (χ0) is 13.1. The minimum Gasteiger partial charge on any atom is -0.370 e. The Hall–Kier alpha value is -1.32. The fraction of sp³-hybridized carbons (Fsp3) is 0.692. The quantitative estimate of drug-likeness (QED) is 0.853. The minimum absolute atomic E-state index is 0.0998. The molecule has 0 spiro atoms. The van der Waals surface area contributed by atoms with Crippen molar-refractivity contribution >= 4 is 11.6 Å². The average Bonchev–Trinajstić information content (AvgIpc) is 2.31. The zero-order valence-electron chi connectivity index (χ0n) is 11.8. The van der Waals surface area contributed by atoms with Crippen molar-refractivity contribution in [3.8, 4) is 0 Å². The topological polar surface area (TPSA) is 41.1 Å². The van der Waals surface area contributed by atoms with E-state index in [1.54, 1.807) is 6.33 Å². The molecule has 4 heteroatoms. The Balaban J connectivity index is 3.10. The van der Waals surface area contributed by atoms with Gasteiger partial charge in [0.25, 0.3) is 0 Å². The standard InChI is InChI=1S/C13H24N4/c1-7-13(4,5)17(6)12-10(3)11(14-8-2)15-9-16-12/h9H,7-8H2,1-6H3,(H,14,15,16). The Morgan fingerprint density at radius 2 is 1.94 bits per heavy atom. The molecule has 0 fully saturated rings. The van der Waals surface area contributed by atoms with Crippen LogP contribution in [0.3, 0.4) is 0 Å². The summed E-state index contributed by atoms with van der Waals surface area (Å²) in [5, 5.41) is 3.26. The smallest absolute Gasteiger partial charge is 0.137 e. The van der Waals surface area contributed by atoms with Gasteiger partial charge < -0.3 is 10.2 Å². The van der Waals surface area contributed by atoms with E-state index < -0.39 is 0 Å². The third kappa shape index (κ3) is 2.87. The molecular formula is C13H24N4. The van der Waals surface area contributed by atoms with Gasteiger partial charge in [-0.05, 0) is 34.1 Å². The molecule has 0 aliphatic heterocycles. The summed E-state index contributed by atoms with van der Waals surface area (Å²) in [4.78, 5) is 10.9. The molecule has 1 aromatic heterocycles. The largest absolute Gasteiger partial charge is 0.370 e. The molecule has 0 amide bonds. The van der Waals surface area contributed by atoms with Crippen LogP contribution in [0, 0.1) is 6.92 Å². The van der Waals surface area contributed by atoms with Crippen molar-refractivity contribution in [1.29, 1.82) is 0 Å². The van der Waals surface area contributed by atoms with Crippen LogP contribution in [0.4, 0.5) is 11.6 Å². The molecule has 0 unspecified atom stereocenters. The molecule has 0 aliphatic rings. The molecule has 0 radical (unpaired) electrons. The van der Waals surface area contributed by atoms with E-state index in [4.69, 9.17) is 0 Å². The van der Waals surface area contributed by atoms with Gasteiger partial charge in [-0.2, -0.15) is 0 Å². The van der Waals surface area contributed by atoms with Crippen LogP contribution in [0.5, 0.6) is 0 Å². The van der Waals surface area contributed by atoms with Gasteiger partial charge in [0.2, 0.25) is 0 Å². The minimum atomic E-state index is 0.0998. The summed E-state index contributed by atoms with van der Waals surface area (Å²) in [6.45, 7) is 11.6. The van der Waals surface area contributed by atoms with E-state index in [1.807, 2.05) is 0 Å². The third-order valence-electron chi connectivity index (χ3n) is 3.49. The Kier molecular flexibility index (Phi) is 4.32. The first-order valence-electron chi connectivity index (χ1n) is 6.23. The Bertz CT molecular complexity index is 374. The Morgan fingerprint density at radius 3 is 2.47 bits per heavy atom. The molecule has 1 aromatic rings. The van der Waals surface area contributed by atoms with E-state index in [0.717, 1.165) is 30.2 Å². The first-order valence-corrected chi connectivity index (χ1v) is 6.23. The van der Waals surface area contributed by atoms with Crippen LogP contribution in [0.2, 0.25) is 0 Å². The summed E-state index contributed by atoms with van der Waals surface area (Å²) < 4.78 is 0. The highest BCUT2D eigenvalue weighted by Crippen LogP contribution is 2.28. The number of rotatable bonds is 5. The lowest BCUT2D eigenvalue weighted by Gasteiger charge is -2.36. The highest BCUT2D eigenvalue weighted by Gasteiger charge is 2.24. The van der Waals surface area contributed by atoms with Gasteiger partial charge in [0.15, 0.2) is 0 Å². The van der Waals surface area contributed by atoms with E-state index >= 15 is 0 Å². The Morgan fingerprint density at radius 1 is 1.29 bits per heavy atom. The zero-order valence-corrected chi connectivity index (χ0v) is 11.8. The predicted molar refractivity (Wildman–Crippen MR) is 73.7 cm³/mol. The van der Waals surface area contributed by atoms with Crippen molar-refractivity contribution in [3.63, 3.8) is 0 Å². The summed E-state index contributed by atoms with van der Waals surface area (Å²) in [6.07, 6.45) is 2.70. The first kappa shape index (κ1) is 13.7. The van der Waals surface area contributed by atoms with Crippen LogP contribution in [0.15, 0.2) is 6.33 Å². The van der Waals surface area contributed by atoms with Crippen LogP contribution in [-0.2, 0) is 0 Å². The van der Waals surface area contributed by atoms with Gasteiger partial charge in [0.1, 0.15) is 18.0 Å². The molecule has 0 saturated carbocycles. The van der Waals surface area contributed by atoms with Crippen molar-refractivity contribution in [2.45, 2.75) is 46.6 Å². The van der Waals surface area contributed by atoms with E-state index in [-0.39, 0.29) is 5.54 Å². The molecule has 0 aromatic carbocycles. The predicted octanol–water partition coefficient (Wildman–Crippen LogP) is 2.84. The molecule has 4 nitrogen and oxygen atoms in total. The van der Waals surface area contributed by atoms with E-state index in [9.17, 15) is 0 Å². The van der Waals surface area contributed by atoms with Crippen molar-refractivity contribution in [2.24, 2.45) is 0 Å². The SMILES string of the molecule is CCNc1ncnc(N(C)C(C)(C)CC)c1C. The molecule has 1 heterocycles. The van der Waals surface area contributed by atoms with Crippen LogP contribution in [-0.4, -0.2) is 29.1 Å². The molecular weight excluding hydrogens is 212 g/mol. The van der Waals surface area contributed by atoms with Crippen molar-refractivity contribution in [1.82, 2.24) is 9.97 Å². The molecule has 1 N–H and O–H groups in total. The summed E-state index contributed by atoms with van der Waals surface area (Å²) in [7, 11) is 2.09. The molecule has 17 heavy (non-hydrogen) atoms. The monoisotopic (exact) mass is 236 g/mol. The lowest BCUT2D eigenvalue weighted by molar-refractivity contribution is 0.466. The molecule has 0 aliphatic carbocycles. The average molecular weight is 236 g/mol. The number of nitrogens with zero attached hydrogens (tertiary/aromatic N) is 3. The molecule has 0 bridgehead atoms. The highest BCUT2D eigenvalue weighted by molar-refractivity contribution is 5.58. The van der Waals surface area contributed by atoms with Gasteiger partial charge in [-0.1, -0.05) is 6.92 Å². The maximum absolute atomic E-state index is 4.41. The summed E-state index contributed by atoms with van der Waals surface area (Å²) >= 11 is 0. The number of aromatic nitrogens is 2. The van der Waals surface area contributed by atoms with Gasteiger partial charge in [-0.3, -0.25) is 0 Å². The van der Waals surface area contributed by atoms with Crippen molar-refractivity contribution in [3.05, 3.63) is 11.9 Å². The lowest BCUT2D eigenvalue weighted by atomic mass is 9.99. The number of hydrogen-bond acceptors (Lipinski definition) is 4. The second-order valence-corrected chi connectivity index (χ2v) is 4.93. The lowest BCUT2D eigenvalue weighted by Crippen LogP contribution is -2.41. The van der Waals surface area contributed by atoms with Crippen LogP contribution < -0.4 is 10.2 Å². The highest BCUT2D eigenvalue weighted by atomic mass is 15.2. The van der Waals surface area contributed by atoms with E-state index in [2.05, 4.69) is 61.9 Å². The maximum atomic E-state index is 4.41. The number of nitrogens with one attached hydrogen (secondary N) is 1. The summed E-state index contributed by atoms with van der Waals surface area (Å²) in [5.74, 6) is 1.93. The molecule has 0 atom stereocenters. The molecule has 1 rings (SSSR count). The van der Waals surface area contributed by atoms with Gasteiger partial charge in [0.05, 0.1) is 0 Å².